The van der Waals surface area contributed by atoms with Crippen LogP contribution in [-0.2, 0) is 36.7 Å². The Morgan fingerprint density at radius 3 is 0.857 bits per heavy atom. The predicted octanol–water partition coefficient (Wildman–Crippen LogP) is 0.0740. The highest BCUT2D eigenvalue weighted by atomic mass is 28.4. The van der Waals surface area contributed by atoms with Crippen LogP contribution in [0.3, 0.4) is 0 Å². The lowest BCUT2D eigenvalue weighted by atomic mass is 10.8. The zero-order chi connectivity index (χ0) is 15.8. The summed E-state index contributed by atoms with van der Waals surface area (Å²) in [7, 11) is 3.11. The molecule has 0 aliphatic rings. The van der Waals surface area contributed by atoms with Crippen molar-refractivity contribution in [1.82, 2.24) is 0 Å². The Bertz CT molecular complexity index is 174. The first-order chi connectivity index (χ1) is 10.2. The van der Waals surface area contributed by atoms with E-state index in [-0.39, 0.29) is 0 Å². The van der Waals surface area contributed by atoms with Gasteiger partial charge in [0.1, 0.15) is 0 Å². The monoisotopic (exact) mass is 328 g/mol. The van der Waals surface area contributed by atoms with Crippen LogP contribution in [0.5, 0.6) is 0 Å². The maximum absolute atomic E-state index is 5.69. The van der Waals surface area contributed by atoms with E-state index in [9.17, 15) is 0 Å². The molecule has 0 rings (SSSR count). The molecular formula is C12H28O8Si. The number of ether oxygens (including phenoxy) is 4. The summed E-state index contributed by atoms with van der Waals surface area (Å²) < 4.78 is 42.6. The second kappa shape index (κ2) is 14.8. The minimum absolute atomic E-state index is 0.315. The summed E-state index contributed by atoms with van der Waals surface area (Å²) in [6.07, 6.45) is 0. The number of hydrogen-bond donors (Lipinski definition) is 0. The second-order valence-electron chi connectivity index (χ2n) is 3.87. The molecule has 0 radical (unpaired) electrons. The third kappa shape index (κ3) is 11.2. The van der Waals surface area contributed by atoms with E-state index in [2.05, 4.69) is 0 Å². The normalized spacial score (nSPS) is 12.0. The number of hydrogen-bond acceptors (Lipinski definition) is 8. The van der Waals surface area contributed by atoms with Gasteiger partial charge in [-0.3, -0.25) is 0 Å². The van der Waals surface area contributed by atoms with Crippen molar-refractivity contribution < 1.29 is 36.7 Å². The highest BCUT2D eigenvalue weighted by molar-refractivity contribution is 6.53. The van der Waals surface area contributed by atoms with Crippen LogP contribution < -0.4 is 0 Å². The van der Waals surface area contributed by atoms with Crippen LogP contribution >= 0.6 is 0 Å². The SMILES string of the molecule is COCCO[Si](OCCOC)(OCCOC)OCCOC. The molecule has 128 valence electrons. The minimum atomic E-state index is -3.26. The van der Waals surface area contributed by atoms with Crippen LogP contribution in [0.2, 0.25) is 0 Å². The minimum Gasteiger partial charge on any atom is -0.382 e. The highest BCUT2D eigenvalue weighted by Crippen LogP contribution is 2.12. The van der Waals surface area contributed by atoms with Gasteiger partial charge in [-0.25, -0.2) is 0 Å². The van der Waals surface area contributed by atoms with E-state index in [4.69, 9.17) is 36.7 Å². The molecule has 21 heavy (non-hydrogen) atoms. The maximum Gasteiger partial charge on any atom is 0.680 e. The van der Waals surface area contributed by atoms with Gasteiger partial charge in [0.2, 0.25) is 0 Å². The maximum atomic E-state index is 5.69. The lowest BCUT2D eigenvalue weighted by molar-refractivity contribution is -0.0616. The Morgan fingerprint density at radius 2 is 0.667 bits per heavy atom. The molecule has 0 amide bonds. The summed E-state index contributed by atoms with van der Waals surface area (Å²) in [5.41, 5.74) is 0. The first-order valence-electron chi connectivity index (χ1n) is 6.76. The van der Waals surface area contributed by atoms with E-state index >= 15 is 0 Å². The van der Waals surface area contributed by atoms with E-state index in [1.54, 1.807) is 28.4 Å². The number of rotatable bonds is 16. The molecule has 0 heterocycles. The highest BCUT2D eigenvalue weighted by Gasteiger charge is 2.45. The molecule has 0 aliphatic carbocycles. The van der Waals surface area contributed by atoms with Gasteiger partial charge in [0.25, 0.3) is 0 Å². The standard InChI is InChI=1S/C12H28O8Si/c1-13-5-9-17-21(18-10-6-14-2,19-11-7-15-3)20-12-8-16-4/h5-12H2,1-4H3. The third-order valence-corrected chi connectivity index (χ3v) is 4.50. The first kappa shape index (κ1) is 20.9. The fourth-order valence-electron chi connectivity index (χ4n) is 1.25. The van der Waals surface area contributed by atoms with Crippen molar-refractivity contribution in [3.8, 4) is 0 Å². The molecule has 0 aliphatic heterocycles. The molecule has 0 saturated carbocycles. The topological polar surface area (TPSA) is 73.8 Å². The molecule has 0 spiro atoms. The van der Waals surface area contributed by atoms with Crippen molar-refractivity contribution in [2.45, 2.75) is 0 Å². The van der Waals surface area contributed by atoms with Gasteiger partial charge < -0.3 is 36.7 Å². The van der Waals surface area contributed by atoms with Crippen molar-refractivity contribution in [1.29, 1.82) is 0 Å². The average Bonchev–Trinajstić information content (AvgIpc) is 2.48. The summed E-state index contributed by atoms with van der Waals surface area (Å²) in [6, 6.07) is 0. The van der Waals surface area contributed by atoms with Crippen molar-refractivity contribution >= 4 is 9.05 Å². The molecule has 0 saturated heterocycles. The molecular weight excluding hydrogens is 300 g/mol. The summed E-state index contributed by atoms with van der Waals surface area (Å²) in [5, 5.41) is 0. The summed E-state index contributed by atoms with van der Waals surface area (Å²) in [6.45, 7) is 2.94. The first-order valence-corrected chi connectivity index (χ1v) is 8.39. The quantitative estimate of drug-likeness (QED) is 0.291. The van der Waals surface area contributed by atoms with Crippen LogP contribution in [-0.4, -0.2) is 90.3 Å². The van der Waals surface area contributed by atoms with Crippen molar-refractivity contribution in [2.75, 3.05) is 81.3 Å². The molecule has 0 unspecified atom stereocenters. The lowest BCUT2D eigenvalue weighted by Gasteiger charge is -2.28. The molecule has 9 heteroatoms. The van der Waals surface area contributed by atoms with Gasteiger partial charge in [0.05, 0.1) is 52.9 Å². The zero-order valence-electron chi connectivity index (χ0n) is 13.4. The van der Waals surface area contributed by atoms with Crippen LogP contribution in [0.25, 0.3) is 0 Å². The summed E-state index contributed by atoms with van der Waals surface area (Å²) in [5.74, 6) is 0. The van der Waals surface area contributed by atoms with Crippen molar-refractivity contribution in [3.63, 3.8) is 0 Å². The molecule has 0 aromatic rings. The molecule has 8 nitrogen and oxygen atoms in total. The van der Waals surface area contributed by atoms with Gasteiger partial charge in [0, 0.05) is 28.4 Å². The van der Waals surface area contributed by atoms with E-state index < -0.39 is 9.05 Å². The van der Waals surface area contributed by atoms with Gasteiger partial charge in [-0.15, -0.1) is 0 Å². The van der Waals surface area contributed by atoms with E-state index in [0.717, 1.165) is 0 Å². The van der Waals surface area contributed by atoms with Crippen LogP contribution in [0, 0.1) is 0 Å². The summed E-state index contributed by atoms with van der Waals surface area (Å²) >= 11 is 0. The Kier molecular flexibility index (Phi) is 14.7. The van der Waals surface area contributed by atoms with E-state index in [0.29, 0.717) is 52.9 Å². The van der Waals surface area contributed by atoms with Gasteiger partial charge >= 0.3 is 9.05 Å². The Labute approximate surface area is 128 Å². The van der Waals surface area contributed by atoms with Crippen molar-refractivity contribution in [2.24, 2.45) is 0 Å². The third-order valence-electron chi connectivity index (χ3n) is 2.27. The van der Waals surface area contributed by atoms with Gasteiger partial charge in [-0.2, -0.15) is 0 Å². The molecule has 0 bridgehead atoms. The Balaban J connectivity index is 4.52. The molecule has 0 N–H and O–H groups in total. The van der Waals surface area contributed by atoms with Crippen LogP contribution in [0.1, 0.15) is 0 Å². The lowest BCUT2D eigenvalue weighted by Crippen LogP contribution is -2.51. The van der Waals surface area contributed by atoms with Crippen LogP contribution in [0.15, 0.2) is 0 Å². The second-order valence-corrected chi connectivity index (χ2v) is 6.02. The average molecular weight is 328 g/mol. The van der Waals surface area contributed by atoms with E-state index in [1.807, 2.05) is 0 Å². The smallest absolute Gasteiger partial charge is 0.382 e. The predicted molar refractivity (Wildman–Crippen MR) is 77.1 cm³/mol. The molecule has 0 aromatic heterocycles. The summed E-state index contributed by atoms with van der Waals surface area (Å²) in [4.78, 5) is 0. The molecule has 0 fully saturated rings. The molecule has 0 atom stereocenters. The van der Waals surface area contributed by atoms with Gasteiger partial charge in [0.15, 0.2) is 0 Å². The zero-order valence-corrected chi connectivity index (χ0v) is 14.4. The number of methoxy groups -OCH3 is 4. The van der Waals surface area contributed by atoms with Gasteiger partial charge in [-0.05, 0) is 0 Å². The largest absolute Gasteiger partial charge is 0.680 e. The van der Waals surface area contributed by atoms with Crippen LogP contribution in [0.4, 0.5) is 0 Å². The fourth-order valence-corrected chi connectivity index (χ4v) is 3.08. The molecule has 0 aromatic carbocycles. The van der Waals surface area contributed by atoms with E-state index in [1.165, 1.54) is 0 Å². The Hall–Kier alpha value is -0.103. The Morgan fingerprint density at radius 1 is 0.429 bits per heavy atom. The fraction of sp³-hybridized carbons (Fsp3) is 1.00. The van der Waals surface area contributed by atoms with Gasteiger partial charge in [-0.1, -0.05) is 0 Å². The van der Waals surface area contributed by atoms with Crippen molar-refractivity contribution in [3.05, 3.63) is 0 Å².